The fourth-order valence-electron chi connectivity index (χ4n) is 2.22. The lowest BCUT2D eigenvalue weighted by Crippen LogP contribution is -2.35. The molecule has 20 heavy (non-hydrogen) atoms. The molecule has 0 spiro atoms. The lowest BCUT2D eigenvalue weighted by atomic mass is 10.1. The summed E-state index contributed by atoms with van der Waals surface area (Å²) in [7, 11) is 0. The molecule has 0 amide bonds. The molecule has 0 saturated carbocycles. The number of rotatable bonds is 2. The zero-order valence-electron chi connectivity index (χ0n) is 10.2. The van der Waals surface area contributed by atoms with Crippen molar-refractivity contribution < 1.29 is 19.3 Å². The van der Waals surface area contributed by atoms with Crippen LogP contribution >= 0.6 is 0 Å². The van der Waals surface area contributed by atoms with E-state index in [1.165, 1.54) is 10.9 Å². The van der Waals surface area contributed by atoms with E-state index < -0.39 is 36.8 Å². The maximum atomic E-state index is 13.8. The number of aromatic nitrogens is 4. The molecule has 9 nitrogen and oxygen atoms in total. The number of fused-ring (bicyclic) bond motifs is 1. The molecule has 5 N–H and O–H groups in total. The van der Waals surface area contributed by atoms with Crippen molar-refractivity contribution in [2.45, 2.75) is 24.6 Å². The third-order valence-electron chi connectivity index (χ3n) is 3.20. The highest BCUT2D eigenvalue weighted by Crippen LogP contribution is 2.38. The minimum Gasteiger partial charge on any atom is -0.393 e. The first-order valence-corrected chi connectivity index (χ1v) is 5.82. The van der Waals surface area contributed by atoms with Crippen molar-refractivity contribution >= 4 is 17.1 Å². The van der Waals surface area contributed by atoms with Gasteiger partial charge in [-0.05, 0) is 0 Å². The van der Waals surface area contributed by atoms with Crippen LogP contribution in [0.4, 0.5) is 10.3 Å². The first kappa shape index (κ1) is 13.0. The van der Waals surface area contributed by atoms with Gasteiger partial charge in [0.1, 0.15) is 12.3 Å². The second kappa shape index (κ2) is 4.23. The fraction of sp³-hybridized carbons (Fsp3) is 0.500. The summed E-state index contributed by atoms with van der Waals surface area (Å²) in [6, 6.07) is 0. The topological polar surface area (TPSA) is 139 Å². The van der Waals surface area contributed by atoms with Crippen LogP contribution in [0.3, 0.4) is 0 Å². The van der Waals surface area contributed by atoms with Gasteiger partial charge in [-0.15, -0.1) is 0 Å². The van der Waals surface area contributed by atoms with E-state index in [1.54, 1.807) is 0 Å². The minimum absolute atomic E-state index is 0.0256. The predicted molar refractivity (Wildman–Crippen MR) is 64.2 cm³/mol. The minimum atomic E-state index is -2.66. The monoisotopic (exact) mass is 285 g/mol. The van der Waals surface area contributed by atoms with Crippen molar-refractivity contribution in [3.05, 3.63) is 16.7 Å². The number of hydrogen-bond donors (Lipinski definition) is 4. The van der Waals surface area contributed by atoms with Gasteiger partial charge >= 0.3 is 0 Å². The molecule has 1 saturated heterocycles. The van der Waals surface area contributed by atoms with E-state index in [0.717, 1.165) is 0 Å². The maximum absolute atomic E-state index is 13.8. The maximum Gasteiger partial charge on any atom is 0.280 e. The van der Waals surface area contributed by atoms with Crippen molar-refractivity contribution in [3.8, 4) is 0 Å². The quantitative estimate of drug-likeness (QED) is 0.534. The van der Waals surface area contributed by atoms with Crippen LogP contribution < -0.4 is 11.3 Å². The molecule has 1 aliphatic heterocycles. The number of nitrogens with two attached hydrogens (primary N) is 1. The number of ether oxygens (including phenoxy) is 1. The number of imidazole rings is 1. The second-order valence-corrected chi connectivity index (χ2v) is 4.56. The van der Waals surface area contributed by atoms with Gasteiger partial charge in [0.2, 0.25) is 11.8 Å². The lowest BCUT2D eigenvalue weighted by molar-refractivity contribution is -0.150. The Labute approximate surface area is 110 Å². The molecule has 2 aromatic heterocycles. The largest absolute Gasteiger partial charge is 0.393 e. The zero-order valence-corrected chi connectivity index (χ0v) is 10.2. The molecule has 0 bridgehead atoms. The molecule has 3 heterocycles. The lowest BCUT2D eigenvalue weighted by Gasteiger charge is -2.16. The highest BCUT2D eigenvalue weighted by molar-refractivity contribution is 5.70. The van der Waals surface area contributed by atoms with Gasteiger partial charge in [0.15, 0.2) is 11.2 Å². The predicted octanol–water partition coefficient (Wildman–Crippen LogP) is -1.36. The number of aliphatic hydroxyl groups excluding tert-OH is 1. The molecule has 0 radical (unpaired) electrons. The van der Waals surface area contributed by atoms with Gasteiger partial charge in [-0.25, -0.2) is 9.37 Å². The van der Waals surface area contributed by atoms with Crippen LogP contribution in [0.15, 0.2) is 11.1 Å². The van der Waals surface area contributed by atoms with E-state index in [0.29, 0.717) is 0 Å². The Balaban J connectivity index is 2.06. The number of aliphatic hydroxyl groups is 2. The second-order valence-electron chi connectivity index (χ2n) is 4.56. The van der Waals surface area contributed by atoms with Crippen LogP contribution in [0.1, 0.15) is 12.6 Å². The van der Waals surface area contributed by atoms with Crippen LogP contribution in [0.2, 0.25) is 0 Å². The van der Waals surface area contributed by atoms with Gasteiger partial charge < -0.3 is 20.7 Å². The molecule has 3 atom stereocenters. The summed E-state index contributed by atoms with van der Waals surface area (Å²) in [4.78, 5) is 21.7. The van der Waals surface area contributed by atoms with Crippen molar-refractivity contribution in [2.75, 3.05) is 12.3 Å². The van der Waals surface area contributed by atoms with Crippen LogP contribution in [0.5, 0.6) is 0 Å². The van der Waals surface area contributed by atoms with Gasteiger partial charge in [0.05, 0.1) is 19.4 Å². The number of hydrogen-bond acceptors (Lipinski definition) is 7. The SMILES string of the molecule is Nc1nc2c(ncn2[C@H]2C[C@@](O)(F)[C@@H](CO)O2)c(=O)[nH]1. The Kier molecular flexibility index (Phi) is 2.74. The zero-order chi connectivity index (χ0) is 14.5. The van der Waals surface area contributed by atoms with E-state index in [9.17, 15) is 14.3 Å². The number of halogens is 1. The number of nitrogens with zero attached hydrogens (tertiary/aromatic N) is 3. The van der Waals surface area contributed by atoms with Crippen LogP contribution in [-0.4, -0.2) is 48.3 Å². The molecule has 1 fully saturated rings. The van der Waals surface area contributed by atoms with E-state index in [2.05, 4.69) is 15.0 Å². The van der Waals surface area contributed by atoms with Gasteiger partial charge in [-0.2, -0.15) is 4.98 Å². The summed E-state index contributed by atoms with van der Waals surface area (Å²) in [5.41, 5.74) is 5.06. The van der Waals surface area contributed by atoms with Gasteiger partial charge in [-0.1, -0.05) is 0 Å². The molecule has 1 aliphatic rings. The van der Waals surface area contributed by atoms with Gasteiger partial charge in [-0.3, -0.25) is 14.3 Å². The number of aromatic amines is 1. The highest BCUT2D eigenvalue weighted by Gasteiger charge is 2.48. The Morgan fingerprint density at radius 3 is 3.10 bits per heavy atom. The molecule has 3 rings (SSSR count). The van der Waals surface area contributed by atoms with Crippen molar-refractivity contribution in [3.63, 3.8) is 0 Å². The number of nitrogens with one attached hydrogen (secondary N) is 1. The molecular weight excluding hydrogens is 273 g/mol. The Hall–Kier alpha value is -2.04. The summed E-state index contributed by atoms with van der Waals surface area (Å²) >= 11 is 0. The molecular formula is C10H12FN5O4. The summed E-state index contributed by atoms with van der Waals surface area (Å²) < 4.78 is 20.3. The third-order valence-corrected chi connectivity index (χ3v) is 3.20. The Morgan fingerprint density at radius 1 is 1.70 bits per heavy atom. The highest BCUT2D eigenvalue weighted by atomic mass is 19.2. The average molecular weight is 285 g/mol. The van der Waals surface area contributed by atoms with Crippen LogP contribution in [0.25, 0.3) is 11.2 Å². The Morgan fingerprint density at radius 2 is 2.45 bits per heavy atom. The van der Waals surface area contributed by atoms with E-state index >= 15 is 0 Å². The molecule has 0 aliphatic carbocycles. The molecule has 108 valence electrons. The van der Waals surface area contributed by atoms with Crippen LogP contribution in [0, 0.1) is 0 Å². The van der Waals surface area contributed by atoms with E-state index in [1.807, 2.05) is 0 Å². The van der Waals surface area contributed by atoms with Crippen molar-refractivity contribution in [1.29, 1.82) is 0 Å². The number of alkyl halides is 1. The van der Waals surface area contributed by atoms with E-state index in [4.69, 9.17) is 15.6 Å². The van der Waals surface area contributed by atoms with Gasteiger partial charge in [0.25, 0.3) is 5.56 Å². The third kappa shape index (κ3) is 1.85. The first-order valence-electron chi connectivity index (χ1n) is 5.82. The average Bonchev–Trinajstić information content (AvgIpc) is 2.89. The number of nitrogen functional groups attached to an aromatic ring is 1. The van der Waals surface area contributed by atoms with Gasteiger partial charge in [0, 0.05) is 0 Å². The summed E-state index contributed by atoms with van der Waals surface area (Å²) in [6.07, 6.45) is -1.49. The molecule has 0 unspecified atom stereocenters. The summed E-state index contributed by atoms with van der Waals surface area (Å²) in [5.74, 6) is -2.78. The smallest absolute Gasteiger partial charge is 0.280 e. The van der Waals surface area contributed by atoms with Crippen molar-refractivity contribution in [1.82, 2.24) is 19.5 Å². The molecule has 0 aromatic carbocycles. The Bertz CT molecular complexity index is 711. The molecule has 10 heteroatoms. The number of anilines is 1. The van der Waals surface area contributed by atoms with E-state index in [-0.39, 0.29) is 17.1 Å². The number of H-pyrrole nitrogens is 1. The standard InChI is InChI=1S/C10H12FN5O4/c11-10(19)1-5(20-4(10)2-17)16-3-13-6-7(16)14-9(12)15-8(6)18/h3-5,17,19H,1-2H2,(H3,12,14,15,18)/t4-,5-,10+/m1/s1. The normalized spacial score (nSPS) is 30.1. The summed E-state index contributed by atoms with van der Waals surface area (Å²) in [6.45, 7) is -0.674. The fourth-order valence-corrected chi connectivity index (χ4v) is 2.22. The molecule has 2 aromatic rings. The van der Waals surface area contributed by atoms with Crippen molar-refractivity contribution in [2.24, 2.45) is 0 Å². The summed E-state index contributed by atoms with van der Waals surface area (Å²) in [5, 5.41) is 18.5. The first-order chi connectivity index (χ1) is 9.42. The van der Waals surface area contributed by atoms with Crippen LogP contribution in [-0.2, 0) is 4.74 Å².